The van der Waals surface area contributed by atoms with Gasteiger partial charge in [0.1, 0.15) is 5.69 Å². The third kappa shape index (κ3) is 5.46. The first kappa shape index (κ1) is 25.8. The third-order valence-corrected chi connectivity index (χ3v) is 7.71. The lowest BCUT2D eigenvalue weighted by Crippen LogP contribution is -2.47. The Morgan fingerprint density at radius 3 is 2.00 bits per heavy atom. The topological polar surface area (TPSA) is 46.1 Å². The molecular formula is C35H36N5+. The molecule has 5 heteroatoms. The summed E-state index contributed by atoms with van der Waals surface area (Å²) in [6, 6.07) is 38.3. The Morgan fingerprint density at radius 1 is 0.750 bits per heavy atom. The van der Waals surface area contributed by atoms with Crippen molar-refractivity contribution in [2.75, 3.05) is 5.43 Å². The van der Waals surface area contributed by atoms with Gasteiger partial charge in [-0.1, -0.05) is 95.0 Å². The van der Waals surface area contributed by atoms with Crippen LogP contribution in [0, 0.1) is 13.8 Å². The van der Waals surface area contributed by atoms with Crippen LogP contribution in [0.3, 0.4) is 0 Å². The van der Waals surface area contributed by atoms with Crippen LogP contribution in [0.5, 0.6) is 0 Å². The fraction of sp³-hybridized carbons (Fsp3) is 0.229. The molecule has 1 saturated carbocycles. The molecule has 5 aromatic rings. The van der Waals surface area contributed by atoms with Crippen molar-refractivity contribution >= 4 is 11.4 Å². The highest BCUT2D eigenvalue weighted by molar-refractivity contribution is 6.10. The van der Waals surface area contributed by atoms with Gasteiger partial charge in [-0.05, 0) is 75.9 Å². The van der Waals surface area contributed by atoms with E-state index < -0.39 is 0 Å². The number of nitrogens with zero attached hydrogens (tertiary/aromatic N) is 4. The van der Waals surface area contributed by atoms with Gasteiger partial charge in [-0.15, -0.1) is 0 Å². The summed E-state index contributed by atoms with van der Waals surface area (Å²) in [5.41, 5.74) is 10.8. The Balaban J connectivity index is 1.64. The standard InChI is InChI=1S/C35H35N5/c1-26-18-22-28(23-19-26)33(37-36-30-12-6-3-7-13-30)35-39(31-14-8-4-9-15-31)34(29-24-20-27(2)21-25-29)38-40(35)32-16-10-5-11-17-32/h3,5-7,10-13,16-25,31H,4,8-9,14-15H2,1-2H3/p+1. The van der Waals surface area contributed by atoms with E-state index in [-0.39, 0.29) is 0 Å². The van der Waals surface area contributed by atoms with Gasteiger partial charge in [0.15, 0.2) is 5.71 Å². The van der Waals surface area contributed by atoms with Crippen LogP contribution in [0.4, 0.5) is 5.69 Å². The number of hydrogen-bond acceptors (Lipinski definition) is 3. The van der Waals surface area contributed by atoms with Crippen molar-refractivity contribution in [3.05, 3.63) is 132 Å². The molecule has 5 nitrogen and oxygen atoms in total. The van der Waals surface area contributed by atoms with Gasteiger partial charge in [0, 0.05) is 5.56 Å². The molecule has 1 N–H and O–H groups in total. The summed E-state index contributed by atoms with van der Waals surface area (Å²) in [7, 11) is 0. The van der Waals surface area contributed by atoms with Crippen LogP contribution in [-0.2, 0) is 0 Å². The molecule has 0 aliphatic heterocycles. The van der Waals surface area contributed by atoms with E-state index in [4.69, 9.17) is 10.2 Å². The van der Waals surface area contributed by atoms with Crippen LogP contribution >= 0.6 is 0 Å². The van der Waals surface area contributed by atoms with Gasteiger partial charge in [0.25, 0.3) is 5.82 Å². The molecule has 1 aromatic heterocycles. The average Bonchev–Trinajstić information content (AvgIpc) is 3.40. The predicted octanol–water partition coefficient (Wildman–Crippen LogP) is 7.81. The number of hydrogen-bond donors (Lipinski definition) is 1. The summed E-state index contributed by atoms with van der Waals surface area (Å²) in [6.45, 7) is 4.25. The van der Waals surface area contributed by atoms with Gasteiger partial charge in [-0.3, -0.25) is 5.43 Å². The Kier molecular flexibility index (Phi) is 7.53. The van der Waals surface area contributed by atoms with Crippen LogP contribution < -0.4 is 9.99 Å². The van der Waals surface area contributed by atoms with E-state index in [0.29, 0.717) is 6.04 Å². The molecule has 0 spiro atoms. The van der Waals surface area contributed by atoms with E-state index in [1.54, 1.807) is 0 Å². The number of nitrogens with one attached hydrogen (secondary N) is 1. The minimum Gasteiger partial charge on any atom is -0.278 e. The van der Waals surface area contributed by atoms with E-state index in [2.05, 4.69) is 107 Å². The van der Waals surface area contributed by atoms with Crippen molar-refractivity contribution in [2.45, 2.75) is 52.0 Å². The molecule has 0 radical (unpaired) electrons. The van der Waals surface area contributed by atoms with Crippen molar-refractivity contribution in [3.63, 3.8) is 0 Å². The Hall–Kier alpha value is -4.51. The molecule has 0 bridgehead atoms. The molecule has 4 aromatic carbocycles. The second-order valence-electron chi connectivity index (χ2n) is 10.7. The van der Waals surface area contributed by atoms with Crippen LogP contribution in [0.1, 0.15) is 60.7 Å². The van der Waals surface area contributed by atoms with Gasteiger partial charge in [0.2, 0.25) is 0 Å². The van der Waals surface area contributed by atoms with Crippen LogP contribution in [0.25, 0.3) is 17.1 Å². The maximum atomic E-state index is 5.35. The number of aryl methyl sites for hydroxylation is 2. The monoisotopic (exact) mass is 526 g/mol. The zero-order valence-electron chi connectivity index (χ0n) is 23.3. The molecule has 6 rings (SSSR count). The highest BCUT2D eigenvalue weighted by atomic mass is 15.4. The smallest absolute Gasteiger partial charge is 0.278 e. The van der Waals surface area contributed by atoms with Crippen LogP contribution in [0.2, 0.25) is 0 Å². The van der Waals surface area contributed by atoms with Crippen LogP contribution in [0.15, 0.2) is 114 Å². The van der Waals surface area contributed by atoms with Gasteiger partial charge < -0.3 is 0 Å². The van der Waals surface area contributed by atoms with Crippen molar-refractivity contribution in [1.29, 1.82) is 0 Å². The third-order valence-electron chi connectivity index (χ3n) is 7.71. The first-order valence-corrected chi connectivity index (χ1v) is 14.3. The van der Waals surface area contributed by atoms with E-state index in [0.717, 1.165) is 52.7 Å². The molecule has 0 saturated heterocycles. The van der Waals surface area contributed by atoms with E-state index in [9.17, 15) is 0 Å². The fourth-order valence-electron chi connectivity index (χ4n) is 5.53. The Labute approximate surface area is 236 Å². The largest absolute Gasteiger partial charge is 0.310 e. The zero-order chi connectivity index (χ0) is 27.3. The van der Waals surface area contributed by atoms with E-state index in [1.165, 1.54) is 30.4 Å². The molecule has 0 atom stereocenters. The summed E-state index contributed by atoms with van der Waals surface area (Å²) in [5.74, 6) is 1.96. The molecule has 1 aliphatic carbocycles. The summed E-state index contributed by atoms with van der Waals surface area (Å²) in [5, 5.41) is 10.5. The molecule has 200 valence electrons. The molecule has 40 heavy (non-hydrogen) atoms. The van der Waals surface area contributed by atoms with Crippen LogP contribution in [-0.4, -0.2) is 15.5 Å². The number of benzene rings is 4. The summed E-state index contributed by atoms with van der Waals surface area (Å²) in [6.07, 6.45) is 5.99. The maximum Gasteiger partial charge on any atom is 0.310 e. The van der Waals surface area contributed by atoms with E-state index in [1.807, 2.05) is 30.3 Å². The quantitative estimate of drug-likeness (QED) is 0.134. The second-order valence-corrected chi connectivity index (χ2v) is 10.7. The average molecular weight is 527 g/mol. The summed E-state index contributed by atoms with van der Waals surface area (Å²) < 4.78 is 4.57. The van der Waals surface area contributed by atoms with Crippen molar-refractivity contribution in [1.82, 2.24) is 9.78 Å². The first-order valence-electron chi connectivity index (χ1n) is 14.3. The SMILES string of the molecule is Cc1ccc(C(=NNc2ccccc2)c2n(-c3ccccc3)nc(-c3ccc(C)cc3)[n+]2C2CCCCC2)cc1. The van der Waals surface area contributed by atoms with Crippen molar-refractivity contribution in [2.24, 2.45) is 5.10 Å². The number of rotatable bonds is 7. The van der Waals surface area contributed by atoms with Gasteiger partial charge in [-0.25, -0.2) is 4.57 Å². The fourth-order valence-corrected chi connectivity index (χ4v) is 5.53. The Morgan fingerprint density at radius 2 is 1.35 bits per heavy atom. The second kappa shape index (κ2) is 11.7. The summed E-state index contributed by atoms with van der Waals surface area (Å²) >= 11 is 0. The molecule has 1 fully saturated rings. The molecule has 1 heterocycles. The maximum absolute atomic E-state index is 5.35. The summed E-state index contributed by atoms with van der Waals surface area (Å²) in [4.78, 5) is 0. The van der Waals surface area contributed by atoms with Crippen molar-refractivity contribution < 1.29 is 4.57 Å². The molecule has 0 unspecified atom stereocenters. The Bertz CT molecular complexity index is 1580. The van der Waals surface area contributed by atoms with E-state index >= 15 is 0 Å². The van der Waals surface area contributed by atoms with Crippen molar-refractivity contribution in [3.8, 4) is 17.1 Å². The van der Waals surface area contributed by atoms with Gasteiger partial charge >= 0.3 is 5.82 Å². The lowest BCUT2D eigenvalue weighted by atomic mass is 9.94. The lowest BCUT2D eigenvalue weighted by Gasteiger charge is -2.22. The number of aromatic nitrogens is 3. The molecular weight excluding hydrogens is 490 g/mol. The normalized spacial score (nSPS) is 14.3. The number of anilines is 1. The highest BCUT2D eigenvalue weighted by Gasteiger charge is 2.37. The highest BCUT2D eigenvalue weighted by Crippen LogP contribution is 2.29. The molecule has 1 aliphatic rings. The minimum atomic E-state index is 0.338. The predicted molar refractivity (Wildman–Crippen MR) is 163 cm³/mol. The first-order chi connectivity index (χ1) is 19.7. The van der Waals surface area contributed by atoms with Gasteiger partial charge in [-0.2, -0.15) is 5.10 Å². The molecule has 0 amide bonds. The minimum absolute atomic E-state index is 0.338. The lowest BCUT2D eigenvalue weighted by molar-refractivity contribution is -0.717. The number of para-hydroxylation sites is 2. The number of hydrazone groups is 1. The zero-order valence-corrected chi connectivity index (χ0v) is 23.3. The van der Waals surface area contributed by atoms with Gasteiger partial charge in [0.05, 0.1) is 22.4 Å².